The highest BCUT2D eigenvalue weighted by molar-refractivity contribution is 5.83. The van der Waals surface area contributed by atoms with E-state index in [4.69, 9.17) is 5.11 Å². The molecule has 0 aromatic heterocycles. The lowest BCUT2D eigenvalue weighted by molar-refractivity contribution is -0.141. The Balaban J connectivity index is 2.38. The molecule has 0 aliphatic heterocycles. The molecule has 0 aliphatic rings. The quantitative estimate of drug-likeness (QED) is 0.606. The second-order valence-electron chi connectivity index (χ2n) is 5.10. The van der Waals surface area contributed by atoms with Gasteiger partial charge in [-0.25, -0.2) is 9.59 Å². The number of carbonyl (C=O) groups excluding carboxylic acids is 1. The van der Waals surface area contributed by atoms with E-state index in [0.29, 0.717) is 0 Å². The first-order valence-electron chi connectivity index (χ1n) is 6.92. The smallest absolute Gasteiger partial charge is 0.328 e. The molecule has 6 nitrogen and oxygen atoms in total. The molecule has 0 heterocycles. The first-order chi connectivity index (χ1) is 9.90. The van der Waals surface area contributed by atoms with Crippen LogP contribution in [0.1, 0.15) is 25.8 Å². The monoisotopic (exact) mass is 294 g/mol. The molecular weight excluding hydrogens is 272 g/mol. The van der Waals surface area contributed by atoms with Gasteiger partial charge in [-0.05, 0) is 32.3 Å². The average Bonchev–Trinajstić information content (AvgIpc) is 2.43. The lowest BCUT2D eigenvalue weighted by Gasteiger charge is -2.20. The Bertz CT molecular complexity index is 462. The number of urea groups is 1. The number of aliphatic carboxylic acids is 1. The van der Waals surface area contributed by atoms with Crippen LogP contribution >= 0.6 is 0 Å². The van der Waals surface area contributed by atoms with Gasteiger partial charge in [-0.3, -0.25) is 0 Å². The Labute approximate surface area is 124 Å². The molecule has 6 heteroatoms. The number of carboxylic acid groups (broad SMARTS) is 1. The molecule has 1 aromatic rings. The summed E-state index contributed by atoms with van der Waals surface area (Å²) < 4.78 is 0. The number of nitrogens with one attached hydrogen (secondary N) is 2. The predicted octanol–water partition coefficient (Wildman–Crippen LogP) is 1.14. The molecule has 4 N–H and O–H groups in total. The van der Waals surface area contributed by atoms with Gasteiger partial charge < -0.3 is 20.8 Å². The number of carboxylic acids is 1. The molecule has 0 saturated carbocycles. The minimum absolute atomic E-state index is 0.103. The molecule has 0 fully saturated rings. The zero-order chi connectivity index (χ0) is 15.8. The van der Waals surface area contributed by atoms with Gasteiger partial charge >= 0.3 is 12.0 Å². The van der Waals surface area contributed by atoms with Crippen molar-refractivity contribution in [2.45, 2.75) is 44.9 Å². The standard InChI is InChI=1S/C15H22N2O4/c1-10(8-9-12-6-4-3-5-7-12)16-15(21)17-13(11(2)18)14(19)20/h3-7,10-11,13,18H,8-9H2,1-2H3,(H,19,20)(H2,16,17,21). The zero-order valence-electron chi connectivity index (χ0n) is 12.2. The number of rotatable bonds is 7. The number of carbonyl (C=O) groups is 2. The number of aliphatic hydroxyl groups is 1. The van der Waals surface area contributed by atoms with Gasteiger partial charge in [-0.1, -0.05) is 30.3 Å². The van der Waals surface area contributed by atoms with E-state index in [2.05, 4.69) is 10.6 Å². The third-order valence-electron chi connectivity index (χ3n) is 3.12. The van der Waals surface area contributed by atoms with Crippen molar-refractivity contribution in [2.24, 2.45) is 0 Å². The van der Waals surface area contributed by atoms with E-state index in [1.165, 1.54) is 12.5 Å². The Hall–Kier alpha value is -2.08. The van der Waals surface area contributed by atoms with Gasteiger partial charge in [0.25, 0.3) is 0 Å². The molecule has 3 unspecified atom stereocenters. The maximum Gasteiger partial charge on any atom is 0.328 e. The van der Waals surface area contributed by atoms with Crippen LogP contribution in [-0.4, -0.2) is 40.4 Å². The fraction of sp³-hybridized carbons (Fsp3) is 0.467. The molecular formula is C15H22N2O4. The summed E-state index contributed by atoms with van der Waals surface area (Å²) in [5.74, 6) is -1.27. The fourth-order valence-electron chi connectivity index (χ4n) is 1.90. The van der Waals surface area contributed by atoms with E-state index in [-0.39, 0.29) is 6.04 Å². The molecule has 0 radical (unpaired) electrons. The number of benzene rings is 1. The van der Waals surface area contributed by atoms with Crippen molar-refractivity contribution in [1.82, 2.24) is 10.6 Å². The SMILES string of the molecule is CC(CCc1ccccc1)NC(=O)NC(C(=O)O)C(C)O. The van der Waals surface area contributed by atoms with Gasteiger partial charge in [0.15, 0.2) is 6.04 Å². The predicted molar refractivity (Wildman–Crippen MR) is 79.0 cm³/mol. The van der Waals surface area contributed by atoms with E-state index in [0.717, 1.165) is 12.8 Å². The molecule has 0 saturated heterocycles. The van der Waals surface area contributed by atoms with Gasteiger partial charge in [-0.2, -0.15) is 0 Å². The van der Waals surface area contributed by atoms with Crippen molar-refractivity contribution in [3.63, 3.8) is 0 Å². The topological polar surface area (TPSA) is 98.7 Å². The second-order valence-corrected chi connectivity index (χ2v) is 5.10. The van der Waals surface area contributed by atoms with E-state index in [1.807, 2.05) is 37.3 Å². The molecule has 0 bridgehead atoms. The Morgan fingerprint density at radius 3 is 2.29 bits per heavy atom. The minimum Gasteiger partial charge on any atom is -0.480 e. The molecule has 1 aromatic carbocycles. The number of hydrogen-bond acceptors (Lipinski definition) is 3. The summed E-state index contributed by atoms with van der Waals surface area (Å²) in [6.07, 6.45) is 0.401. The van der Waals surface area contributed by atoms with Crippen LogP contribution in [0.3, 0.4) is 0 Å². The van der Waals surface area contributed by atoms with Crippen LogP contribution in [-0.2, 0) is 11.2 Å². The normalized spacial score (nSPS) is 14.8. The molecule has 3 atom stereocenters. The maximum absolute atomic E-state index is 11.7. The Kier molecular flexibility index (Phi) is 6.68. The number of aryl methyl sites for hydroxylation is 1. The summed E-state index contributed by atoms with van der Waals surface area (Å²) >= 11 is 0. The average molecular weight is 294 g/mol. The van der Waals surface area contributed by atoms with Gasteiger partial charge in [0.1, 0.15) is 0 Å². The van der Waals surface area contributed by atoms with Crippen molar-refractivity contribution in [3.05, 3.63) is 35.9 Å². The molecule has 21 heavy (non-hydrogen) atoms. The summed E-state index contributed by atoms with van der Waals surface area (Å²) in [7, 11) is 0. The summed E-state index contributed by atoms with van der Waals surface area (Å²) in [6.45, 7) is 3.17. The van der Waals surface area contributed by atoms with Crippen molar-refractivity contribution in [3.8, 4) is 0 Å². The summed E-state index contributed by atoms with van der Waals surface area (Å²) in [4.78, 5) is 22.6. The Morgan fingerprint density at radius 1 is 1.14 bits per heavy atom. The lowest BCUT2D eigenvalue weighted by atomic mass is 10.1. The number of hydrogen-bond donors (Lipinski definition) is 4. The van der Waals surface area contributed by atoms with Gasteiger partial charge in [0.05, 0.1) is 6.10 Å². The lowest BCUT2D eigenvalue weighted by Crippen LogP contribution is -2.52. The van der Waals surface area contributed by atoms with E-state index < -0.39 is 24.1 Å². The third-order valence-corrected chi connectivity index (χ3v) is 3.12. The highest BCUT2D eigenvalue weighted by atomic mass is 16.4. The van der Waals surface area contributed by atoms with Crippen LogP contribution < -0.4 is 10.6 Å². The number of aliphatic hydroxyl groups excluding tert-OH is 1. The first kappa shape index (κ1) is 17.0. The molecule has 0 spiro atoms. The molecule has 116 valence electrons. The van der Waals surface area contributed by atoms with Crippen molar-refractivity contribution in [2.75, 3.05) is 0 Å². The maximum atomic E-state index is 11.7. The van der Waals surface area contributed by atoms with Crippen LogP contribution in [0.5, 0.6) is 0 Å². The molecule has 0 aliphatic carbocycles. The van der Waals surface area contributed by atoms with Gasteiger partial charge in [0.2, 0.25) is 0 Å². The van der Waals surface area contributed by atoms with Crippen molar-refractivity contribution in [1.29, 1.82) is 0 Å². The van der Waals surface area contributed by atoms with Crippen LogP contribution in [0.15, 0.2) is 30.3 Å². The summed E-state index contributed by atoms with van der Waals surface area (Å²) in [5.41, 5.74) is 1.18. The summed E-state index contributed by atoms with van der Waals surface area (Å²) in [5, 5.41) is 23.1. The molecule has 1 rings (SSSR count). The largest absolute Gasteiger partial charge is 0.480 e. The summed E-state index contributed by atoms with van der Waals surface area (Å²) in [6, 6.07) is 7.88. The van der Waals surface area contributed by atoms with E-state index in [9.17, 15) is 14.7 Å². The fourth-order valence-corrected chi connectivity index (χ4v) is 1.90. The highest BCUT2D eigenvalue weighted by Crippen LogP contribution is 2.04. The first-order valence-corrected chi connectivity index (χ1v) is 6.92. The van der Waals surface area contributed by atoms with Gasteiger partial charge in [-0.15, -0.1) is 0 Å². The van der Waals surface area contributed by atoms with Crippen LogP contribution in [0.25, 0.3) is 0 Å². The zero-order valence-corrected chi connectivity index (χ0v) is 12.2. The van der Waals surface area contributed by atoms with Crippen molar-refractivity contribution < 1.29 is 19.8 Å². The van der Waals surface area contributed by atoms with Gasteiger partial charge in [0, 0.05) is 6.04 Å². The van der Waals surface area contributed by atoms with E-state index >= 15 is 0 Å². The van der Waals surface area contributed by atoms with Crippen LogP contribution in [0.4, 0.5) is 4.79 Å². The second kappa shape index (κ2) is 8.26. The minimum atomic E-state index is -1.31. The molecule has 2 amide bonds. The Morgan fingerprint density at radius 2 is 1.76 bits per heavy atom. The van der Waals surface area contributed by atoms with Crippen LogP contribution in [0, 0.1) is 0 Å². The van der Waals surface area contributed by atoms with Crippen LogP contribution in [0.2, 0.25) is 0 Å². The van der Waals surface area contributed by atoms with Crippen molar-refractivity contribution >= 4 is 12.0 Å². The highest BCUT2D eigenvalue weighted by Gasteiger charge is 2.25. The van der Waals surface area contributed by atoms with E-state index in [1.54, 1.807) is 0 Å². The number of amides is 2. The third kappa shape index (κ3) is 6.27.